The molecule has 0 atom stereocenters. The van der Waals surface area contributed by atoms with Crippen molar-refractivity contribution in [1.29, 1.82) is 0 Å². The van der Waals surface area contributed by atoms with Crippen molar-refractivity contribution in [2.45, 2.75) is 20.3 Å². The lowest BCUT2D eigenvalue weighted by molar-refractivity contribution is -0.121. The Kier molecular flexibility index (Phi) is 4.93. The molecule has 0 aliphatic heterocycles. The molecular weight excluding hydrogens is 252 g/mol. The predicted molar refractivity (Wildman–Crippen MR) is 79.7 cm³/mol. The van der Waals surface area contributed by atoms with Crippen LogP contribution < -0.4 is 10.1 Å². The van der Waals surface area contributed by atoms with Crippen LogP contribution in [0.1, 0.15) is 20.3 Å². The number of nitrogens with one attached hydrogen (secondary N) is 1. The fourth-order valence-corrected chi connectivity index (χ4v) is 1.99. The number of amides is 1. The number of ether oxygens (including phenoxy) is 1. The lowest BCUT2D eigenvalue weighted by Gasteiger charge is -2.10. The van der Waals surface area contributed by atoms with Crippen LogP contribution in [0.15, 0.2) is 36.5 Å². The van der Waals surface area contributed by atoms with Gasteiger partial charge in [0, 0.05) is 18.0 Å². The molecule has 1 aromatic heterocycles. The molecule has 20 heavy (non-hydrogen) atoms. The largest absolute Gasteiger partial charge is 0.489 e. The summed E-state index contributed by atoms with van der Waals surface area (Å²) in [5.74, 6) is 1.19. The van der Waals surface area contributed by atoms with Gasteiger partial charge in [0.2, 0.25) is 5.91 Å². The van der Waals surface area contributed by atoms with E-state index in [4.69, 9.17) is 4.74 Å². The fraction of sp³-hybridized carbons (Fsp3) is 0.375. The molecule has 0 fully saturated rings. The highest BCUT2D eigenvalue weighted by molar-refractivity contribution is 5.84. The number of para-hydroxylation sites is 1. The summed E-state index contributed by atoms with van der Waals surface area (Å²) in [5.41, 5.74) is 0.850. The second-order valence-electron chi connectivity index (χ2n) is 5.13. The van der Waals surface area contributed by atoms with Gasteiger partial charge in [0.05, 0.1) is 6.54 Å². The van der Waals surface area contributed by atoms with Gasteiger partial charge in [-0.1, -0.05) is 32.0 Å². The minimum Gasteiger partial charge on any atom is -0.489 e. The molecule has 0 saturated heterocycles. The third kappa shape index (κ3) is 3.95. The van der Waals surface area contributed by atoms with Gasteiger partial charge in [-0.25, -0.2) is 0 Å². The SMILES string of the molecule is CC(C)CC(=O)NCCOc1cccc2cccnc12. The van der Waals surface area contributed by atoms with E-state index in [1.165, 1.54) is 0 Å². The average Bonchev–Trinajstić information content (AvgIpc) is 2.43. The van der Waals surface area contributed by atoms with Crippen molar-refractivity contribution in [2.75, 3.05) is 13.2 Å². The number of fused-ring (bicyclic) bond motifs is 1. The fourth-order valence-electron chi connectivity index (χ4n) is 1.99. The first kappa shape index (κ1) is 14.3. The molecule has 0 aliphatic rings. The monoisotopic (exact) mass is 272 g/mol. The van der Waals surface area contributed by atoms with Gasteiger partial charge in [0.25, 0.3) is 0 Å². The Bertz CT molecular complexity index is 576. The van der Waals surface area contributed by atoms with Crippen LogP contribution in [0.5, 0.6) is 5.75 Å². The third-order valence-electron chi connectivity index (χ3n) is 2.87. The van der Waals surface area contributed by atoms with Crippen LogP contribution >= 0.6 is 0 Å². The summed E-state index contributed by atoms with van der Waals surface area (Å²) in [6.07, 6.45) is 2.30. The number of carbonyl (C=O) groups excluding carboxylic acids is 1. The van der Waals surface area contributed by atoms with Crippen LogP contribution in [0.2, 0.25) is 0 Å². The first-order valence-electron chi connectivity index (χ1n) is 6.90. The van der Waals surface area contributed by atoms with Gasteiger partial charge >= 0.3 is 0 Å². The molecule has 2 rings (SSSR count). The summed E-state index contributed by atoms with van der Waals surface area (Å²) < 4.78 is 5.70. The van der Waals surface area contributed by atoms with Crippen molar-refractivity contribution in [3.05, 3.63) is 36.5 Å². The number of hydrogen-bond acceptors (Lipinski definition) is 3. The van der Waals surface area contributed by atoms with Crippen LogP contribution in [-0.4, -0.2) is 24.0 Å². The summed E-state index contributed by atoms with van der Waals surface area (Å²) in [4.78, 5) is 15.8. The topological polar surface area (TPSA) is 51.2 Å². The first-order chi connectivity index (χ1) is 9.66. The first-order valence-corrected chi connectivity index (χ1v) is 6.90. The molecule has 1 N–H and O–H groups in total. The van der Waals surface area contributed by atoms with Gasteiger partial charge in [-0.05, 0) is 18.1 Å². The van der Waals surface area contributed by atoms with Gasteiger partial charge in [-0.15, -0.1) is 0 Å². The van der Waals surface area contributed by atoms with Crippen molar-refractivity contribution >= 4 is 16.8 Å². The molecule has 1 amide bonds. The average molecular weight is 272 g/mol. The molecule has 1 heterocycles. The maximum absolute atomic E-state index is 11.5. The summed E-state index contributed by atoms with van der Waals surface area (Å²) in [7, 11) is 0. The Hall–Kier alpha value is -2.10. The number of aromatic nitrogens is 1. The number of hydrogen-bond donors (Lipinski definition) is 1. The molecule has 0 saturated carbocycles. The van der Waals surface area contributed by atoms with Crippen molar-refractivity contribution in [2.24, 2.45) is 5.92 Å². The zero-order valence-corrected chi connectivity index (χ0v) is 11.9. The highest BCUT2D eigenvalue weighted by atomic mass is 16.5. The van der Waals surface area contributed by atoms with E-state index in [2.05, 4.69) is 10.3 Å². The van der Waals surface area contributed by atoms with Crippen LogP contribution in [0.25, 0.3) is 10.9 Å². The van der Waals surface area contributed by atoms with Gasteiger partial charge in [-0.2, -0.15) is 0 Å². The zero-order chi connectivity index (χ0) is 14.4. The van der Waals surface area contributed by atoms with Crippen LogP contribution in [0, 0.1) is 5.92 Å². The Labute approximate surface area is 119 Å². The quantitative estimate of drug-likeness (QED) is 0.823. The Morgan fingerprint density at radius 2 is 2.10 bits per heavy atom. The van der Waals surface area contributed by atoms with Crippen LogP contribution in [0.4, 0.5) is 0 Å². The molecule has 0 radical (unpaired) electrons. The summed E-state index contributed by atoms with van der Waals surface area (Å²) >= 11 is 0. The molecule has 0 unspecified atom stereocenters. The predicted octanol–water partition coefficient (Wildman–Crippen LogP) is 2.78. The molecule has 4 nitrogen and oxygen atoms in total. The number of benzene rings is 1. The lowest BCUT2D eigenvalue weighted by atomic mass is 10.1. The number of nitrogens with zero attached hydrogens (tertiary/aromatic N) is 1. The van der Waals surface area contributed by atoms with E-state index in [1.807, 2.05) is 44.2 Å². The number of carbonyl (C=O) groups is 1. The Morgan fingerprint density at radius 3 is 2.90 bits per heavy atom. The highest BCUT2D eigenvalue weighted by Crippen LogP contribution is 2.22. The van der Waals surface area contributed by atoms with Gasteiger partial charge in [0.1, 0.15) is 17.9 Å². The van der Waals surface area contributed by atoms with Crippen molar-refractivity contribution in [3.63, 3.8) is 0 Å². The van der Waals surface area contributed by atoms with E-state index in [0.717, 1.165) is 16.7 Å². The van der Waals surface area contributed by atoms with Gasteiger partial charge in [-0.3, -0.25) is 9.78 Å². The summed E-state index contributed by atoms with van der Waals surface area (Å²) in [6.45, 7) is 5.00. The van der Waals surface area contributed by atoms with E-state index in [0.29, 0.717) is 25.5 Å². The molecule has 2 aromatic rings. The standard InChI is InChI=1S/C16H20N2O2/c1-12(2)11-15(19)17-9-10-20-14-7-3-5-13-6-4-8-18-16(13)14/h3-8,12H,9-11H2,1-2H3,(H,17,19). The van der Waals surface area contributed by atoms with E-state index in [-0.39, 0.29) is 5.91 Å². The Morgan fingerprint density at radius 1 is 1.30 bits per heavy atom. The summed E-state index contributed by atoms with van der Waals surface area (Å²) in [5, 5.41) is 3.90. The lowest BCUT2D eigenvalue weighted by Crippen LogP contribution is -2.28. The maximum atomic E-state index is 11.5. The second-order valence-corrected chi connectivity index (χ2v) is 5.13. The number of rotatable bonds is 6. The Balaban J connectivity index is 1.86. The normalized spacial score (nSPS) is 10.8. The van der Waals surface area contributed by atoms with Crippen LogP contribution in [0.3, 0.4) is 0 Å². The summed E-state index contributed by atoms with van der Waals surface area (Å²) in [6, 6.07) is 9.74. The molecule has 4 heteroatoms. The maximum Gasteiger partial charge on any atom is 0.220 e. The molecule has 1 aromatic carbocycles. The third-order valence-corrected chi connectivity index (χ3v) is 2.87. The van der Waals surface area contributed by atoms with E-state index in [9.17, 15) is 4.79 Å². The molecular formula is C16H20N2O2. The molecule has 0 spiro atoms. The second kappa shape index (κ2) is 6.89. The van der Waals surface area contributed by atoms with E-state index in [1.54, 1.807) is 6.20 Å². The highest BCUT2D eigenvalue weighted by Gasteiger charge is 2.05. The van der Waals surface area contributed by atoms with E-state index >= 15 is 0 Å². The van der Waals surface area contributed by atoms with Crippen molar-refractivity contribution < 1.29 is 9.53 Å². The minimum atomic E-state index is 0.0691. The van der Waals surface area contributed by atoms with Crippen molar-refractivity contribution in [3.8, 4) is 5.75 Å². The molecule has 0 aliphatic carbocycles. The van der Waals surface area contributed by atoms with Gasteiger partial charge in [0.15, 0.2) is 0 Å². The van der Waals surface area contributed by atoms with Crippen LogP contribution in [-0.2, 0) is 4.79 Å². The van der Waals surface area contributed by atoms with Crippen molar-refractivity contribution in [1.82, 2.24) is 10.3 Å². The molecule has 0 bridgehead atoms. The minimum absolute atomic E-state index is 0.0691. The van der Waals surface area contributed by atoms with E-state index < -0.39 is 0 Å². The molecule has 106 valence electrons. The van der Waals surface area contributed by atoms with Gasteiger partial charge < -0.3 is 10.1 Å². The smallest absolute Gasteiger partial charge is 0.220 e. The number of pyridine rings is 1. The zero-order valence-electron chi connectivity index (χ0n) is 11.9.